The van der Waals surface area contributed by atoms with Crippen molar-refractivity contribution in [3.05, 3.63) is 35.5 Å². The third-order valence-corrected chi connectivity index (χ3v) is 5.42. The van der Waals surface area contributed by atoms with E-state index in [0.717, 1.165) is 38.1 Å². The molecule has 1 aromatic carbocycles. The minimum absolute atomic E-state index is 0.0491. The molecule has 0 saturated carbocycles. The first-order valence-corrected chi connectivity index (χ1v) is 9.30. The van der Waals surface area contributed by atoms with Gasteiger partial charge in [0.05, 0.1) is 16.9 Å². The highest BCUT2D eigenvalue weighted by Crippen LogP contribution is 2.37. The minimum Gasteiger partial charge on any atom is -0.341 e. The van der Waals surface area contributed by atoms with Gasteiger partial charge in [0, 0.05) is 19.3 Å². The van der Waals surface area contributed by atoms with E-state index in [1.807, 2.05) is 11.9 Å². The maximum absolute atomic E-state index is 13.0. The molecule has 0 bridgehead atoms. The Kier molecular flexibility index (Phi) is 4.81. The van der Waals surface area contributed by atoms with Crippen LogP contribution in [0, 0.1) is 0 Å². The molecule has 1 fully saturated rings. The van der Waals surface area contributed by atoms with Crippen molar-refractivity contribution >= 4 is 29.0 Å². The lowest BCUT2D eigenvalue weighted by Gasteiger charge is -2.35. The van der Waals surface area contributed by atoms with Gasteiger partial charge in [0.15, 0.2) is 0 Å². The number of nitrogens with one attached hydrogen (secondary N) is 2. The van der Waals surface area contributed by atoms with Crippen molar-refractivity contribution in [3.63, 3.8) is 0 Å². The smallest absolute Gasteiger partial charge is 0.341 e. The van der Waals surface area contributed by atoms with Gasteiger partial charge in [-0.1, -0.05) is 0 Å². The van der Waals surface area contributed by atoms with Crippen molar-refractivity contribution in [2.24, 2.45) is 0 Å². The molecule has 3 heterocycles. The Bertz CT molecular complexity index is 940. The van der Waals surface area contributed by atoms with Crippen LogP contribution in [0.5, 0.6) is 0 Å². The van der Waals surface area contributed by atoms with Crippen molar-refractivity contribution in [3.8, 4) is 0 Å². The van der Waals surface area contributed by atoms with Crippen molar-refractivity contribution < 1.29 is 18.0 Å². The number of likely N-dealkylation sites (tertiary alicyclic amines) is 1. The van der Waals surface area contributed by atoms with Gasteiger partial charge in [-0.25, -0.2) is 4.98 Å². The molecule has 1 amide bonds. The fourth-order valence-electron chi connectivity index (χ4n) is 3.60. The zero-order valence-corrected chi connectivity index (χ0v) is 16.0. The van der Waals surface area contributed by atoms with Crippen molar-refractivity contribution in [1.82, 2.24) is 14.9 Å². The van der Waals surface area contributed by atoms with Crippen LogP contribution in [0.15, 0.2) is 24.4 Å². The van der Waals surface area contributed by atoms with E-state index in [-0.39, 0.29) is 23.1 Å². The minimum atomic E-state index is -4.50. The van der Waals surface area contributed by atoms with Crippen LogP contribution in [0.3, 0.4) is 0 Å². The molecule has 1 saturated heterocycles. The standard InChI is InChI=1S/C19H21F3N6O/c1-27-7-5-12(6-8-27)28(2)18-23-10-13-16(26-18)24-14-4-3-11(19(20,21)22)9-15(14)25-17(13)29/h3-4,9-10,12H,5-8H2,1-2H3,(H,25,29)(H,23,24,26). The lowest BCUT2D eigenvalue weighted by Crippen LogP contribution is -2.42. The maximum atomic E-state index is 13.0. The molecule has 4 rings (SSSR count). The molecule has 154 valence electrons. The highest BCUT2D eigenvalue weighted by Gasteiger charge is 2.32. The molecule has 7 nitrogen and oxygen atoms in total. The molecular weight excluding hydrogens is 385 g/mol. The third kappa shape index (κ3) is 3.84. The zero-order valence-electron chi connectivity index (χ0n) is 16.0. The highest BCUT2D eigenvalue weighted by atomic mass is 19.4. The summed E-state index contributed by atoms with van der Waals surface area (Å²) in [6, 6.07) is 3.45. The van der Waals surface area contributed by atoms with E-state index in [4.69, 9.17) is 0 Å². The topological polar surface area (TPSA) is 73.4 Å². The number of carbonyl (C=O) groups is 1. The van der Waals surface area contributed by atoms with Crippen LogP contribution >= 0.6 is 0 Å². The number of rotatable bonds is 2. The quantitative estimate of drug-likeness (QED) is 0.797. The van der Waals surface area contributed by atoms with Gasteiger partial charge in [0.25, 0.3) is 5.91 Å². The molecule has 0 unspecified atom stereocenters. The van der Waals surface area contributed by atoms with E-state index in [9.17, 15) is 18.0 Å². The summed E-state index contributed by atoms with van der Waals surface area (Å²) in [5, 5.41) is 5.49. The molecule has 0 atom stereocenters. The van der Waals surface area contributed by atoms with Gasteiger partial charge in [0.2, 0.25) is 5.95 Å². The zero-order chi connectivity index (χ0) is 20.8. The fourth-order valence-corrected chi connectivity index (χ4v) is 3.60. The van der Waals surface area contributed by atoms with Crippen molar-refractivity contribution in [2.75, 3.05) is 42.7 Å². The first-order chi connectivity index (χ1) is 13.7. The molecule has 2 aromatic rings. The van der Waals surface area contributed by atoms with Gasteiger partial charge in [-0.15, -0.1) is 0 Å². The van der Waals surface area contributed by atoms with Crippen molar-refractivity contribution in [2.45, 2.75) is 25.1 Å². The molecule has 2 aliphatic rings. The predicted octanol–water partition coefficient (Wildman–Crippen LogP) is 3.34. The predicted molar refractivity (Wildman–Crippen MR) is 104 cm³/mol. The van der Waals surface area contributed by atoms with Crippen LogP contribution in [0.2, 0.25) is 0 Å². The second-order valence-corrected chi connectivity index (χ2v) is 7.41. The number of benzene rings is 1. The molecule has 0 spiro atoms. The Labute approximate surface area is 165 Å². The maximum Gasteiger partial charge on any atom is 0.416 e. The number of halogens is 3. The monoisotopic (exact) mass is 406 g/mol. The Morgan fingerprint density at radius 2 is 1.90 bits per heavy atom. The van der Waals surface area contributed by atoms with E-state index in [1.54, 1.807) is 0 Å². The van der Waals surface area contributed by atoms with Crippen LogP contribution in [0.25, 0.3) is 0 Å². The molecule has 2 aliphatic heterocycles. The SMILES string of the molecule is CN1CCC(N(C)c2ncc3c(n2)Nc2ccc(C(F)(F)F)cc2NC3=O)CC1. The van der Waals surface area contributed by atoms with E-state index in [1.165, 1.54) is 12.3 Å². The molecule has 2 N–H and O–H groups in total. The normalized spacial score (nSPS) is 17.6. The van der Waals surface area contributed by atoms with Crippen molar-refractivity contribution in [1.29, 1.82) is 0 Å². The lowest BCUT2D eigenvalue weighted by atomic mass is 10.0. The summed E-state index contributed by atoms with van der Waals surface area (Å²) in [6.07, 6.45) is -1.14. The first kappa shape index (κ1) is 19.4. The molecule has 0 aliphatic carbocycles. The van der Waals surface area contributed by atoms with Crippen LogP contribution in [-0.4, -0.2) is 54.0 Å². The lowest BCUT2D eigenvalue weighted by molar-refractivity contribution is -0.137. The van der Waals surface area contributed by atoms with Gasteiger partial charge in [0.1, 0.15) is 11.4 Å². The Morgan fingerprint density at radius 1 is 1.17 bits per heavy atom. The number of anilines is 4. The summed E-state index contributed by atoms with van der Waals surface area (Å²) in [5.74, 6) is 0.179. The number of hydrogen-bond acceptors (Lipinski definition) is 6. The van der Waals surface area contributed by atoms with Crippen LogP contribution < -0.4 is 15.5 Å². The number of aromatic nitrogens is 2. The number of fused-ring (bicyclic) bond motifs is 2. The number of piperidine rings is 1. The molecule has 10 heteroatoms. The summed E-state index contributed by atoms with van der Waals surface area (Å²) >= 11 is 0. The second-order valence-electron chi connectivity index (χ2n) is 7.41. The number of amides is 1. The fraction of sp³-hybridized carbons (Fsp3) is 0.421. The van der Waals surface area contributed by atoms with Gasteiger partial charge in [-0.3, -0.25) is 4.79 Å². The average Bonchev–Trinajstić information content (AvgIpc) is 2.82. The second kappa shape index (κ2) is 7.18. The number of alkyl halides is 3. The molecular formula is C19H21F3N6O. The van der Waals surface area contributed by atoms with Crippen LogP contribution in [0.4, 0.5) is 36.3 Å². The van der Waals surface area contributed by atoms with Crippen LogP contribution in [0.1, 0.15) is 28.8 Å². The molecule has 29 heavy (non-hydrogen) atoms. The first-order valence-electron chi connectivity index (χ1n) is 9.30. The van der Waals surface area contributed by atoms with Gasteiger partial charge in [-0.2, -0.15) is 18.2 Å². The molecule has 1 aromatic heterocycles. The van der Waals surface area contributed by atoms with E-state index < -0.39 is 17.6 Å². The highest BCUT2D eigenvalue weighted by molar-refractivity contribution is 6.11. The number of carbonyl (C=O) groups excluding carboxylic acids is 1. The van der Waals surface area contributed by atoms with E-state index in [0.29, 0.717) is 11.6 Å². The Balaban J connectivity index is 1.64. The Hall–Kier alpha value is -2.88. The summed E-state index contributed by atoms with van der Waals surface area (Å²) < 4.78 is 39.0. The Morgan fingerprint density at radius 3 is 2.59 bits per heavy atom. The van der Waals surface area contributed by atoms with Gasteiger partial charge in [-0.05, 0) is 51.2 Å². The van der Waals surface area contributed by atoms with Crippen LogP contribution in [-0.2, 0) is 6.18 Å². The summed E-state index contributed by atoms with van der Waals surface area (Å²) in [5.41, 5.74) is -0.266. The van der Waals surface area contributed by atoms with E-state index in [2.05, 4.69) is 32.5 Å². The van der Waals surface area contributed by atoms with Gasteiger partial charge < -0.3 is 20.4 Å². The summed E-state index contributed by atoms with van der Waals surface area (Å²) in [6.45, 7) is 1.96. The third-order valence-electron chi connectivity index (χ3n) is 5.42. The summed E-state index contributed by atoms with van der Waals surface area (Å²) in [4.78, 5) is 25.6. The average molecular weight is 406 g/mol. The largest absolute Gasteiger partial charge is 0.416 e. The number of hydrogen-bond donors (Lipinski definition) is 2. The molecule has 0 radical (unpaired) electrons. The van der Waals surface area contributed by atoms with Gasteiger partial charge >= 0.3 is 6.18 Å². The van der Waals surface area contributed by atoms with E-state index >= 15 is 0 Å². The summed E-state index contributed by atoms with van der Waals surface area (Å²) in [7, 11) is 4.00. The number of nitrogens with zero attached hydrogens (tertiary/aromatic N) is 4.